The number of carbonyl (C=O) groups excluding carboxylic acids is 3. The summed E-state index contributed by atoms with van der Waals surface area (Å²) >= 11 is 0. The van der Waals surface area contributed by atoms with Crippen LogP contribution in [0.1, 0.15) is 550 Å². The van der Waals surface area contributed by atoms with Gasteiger partial charge in [-0.25, -0.2) is 0 Å². The molecule has 0 rings (SSSR count). The number of allylic oxidation sites excluding steroid dienone is 3. The zero-order valence-corrected chi connectivity index (χ0v) is 101. The molecule has 0 heterocycles. The number of carbonyl (C=O) groups is 4. The number of hydrogen-bond donors (Lipinski definition) is 5. The Morgan fingerprint density at radius 2 is 0.669 bits per heavy atom. The van der Waals surface area contributed by atoms with Gasteiger partial charge in [0.2, 0.25) is 6.41 Å². The number of aliphatic carboxylic acids is 1. The Bertz CT molecular complexity index is 2130. The van der Waals surface area contributed by atoms with Crippen LogP contribution in [-0.4, -0.2) is 82.6 Å². The molecule has 1 amide bonds. The van der Waals surface area contributed by atoms with Crippen LogP contribution in [0.2, 0.25) is 0 Å². The Kier molecular flexibility index (Phi) is 107. The summed E-state index contributed by atoms with van der Waals surface area (Å²) in [5.41, 5.74) is 10.2. The van der Waals surface area contributed by atoms with Crippen molar-refractivity contribution < 1.29 is 44.0 Å². The van der Waals surface area contributed by atoms with Gasteiger partial charge in [-0.3, -0.25) is 14.4 Å². The number of nitrogens with one attached hydrogen (secondary N) is 1. The minimum absolute atomic E-state index is 0. The second-order valence-electron chi connectivity index (χ2n) is 55.5. The highest BCUT2D eigenvalue weighted by Gasteiger charge is 2.31. The molecule has 0 aromatic heterocycles. The van der Waals surface area contributed by atoms with Crippen LogP contribution in [-0.2, 0) is 28.7 Å². The van der Waals surface area contributed by atoms with Gasteiger partial charge in [-0.05, 0) is 245 Å². The number of aldehydes is 1. The second-order valence-corrected chi connectivity index (χ2v) is 55.5. The first-order valence-electron chi connectivity index (χ1n) is 47.8. The van der Waals surface area contributed by atoms with Crippen molar-refractivity contribution in [1.29, 1.82) is 0 Å². The van der Waals surface area contributed by atoms with E-state index in [4.69, 9.17) is 35.3 Å². The fourth-order valence-electron chi connectivity index (χ4n) is 3.41. The molecule has 0 aromatic carbocycles. The number of amides is 1. The van der Waals surface area contributed by atoms with E-state index in [0.29, 0.717) is 83.4 Å². The quantitative estimate of drug-likeness (QED) is 0.0933. The molecular formula is C113H254N2O9. The lowest BCUT2D eigenvalue weighted by Crippen LogP contribution is -2.34. The first-order chi connectivity index (χ1) is 52.8. The van der Waals surface area contributed by atoms with Gasteiger partial charge in [0.25, 0.3) is 0 Å². The summed E-state index contributed by atoms with van der Waals surface area (Å²) in [6.07, 6.45) is 17.4. The maximum absolute atomic E-state index is 11.0. The largest absolute Gasteiger partial charge is 0.481 e. The van der Waals surface area contributed by atoms with E-state index in [1.807, 2.05) is 124 Å². The molecule has 124 heavy (non-hydrogen) atoms. The fourth-order valence-corrected chi connectivity index (χ4v) is 3.41. The van der Waals surface area contributed by atoms with Crippen molar-refractivity contribution >= 4 is 24.6 Å². The second kappa shape index (κ2) is 79.0. The monoisotopic (exact) mass is 1780 g/mol. The minimum Gasteiger partial charge on any atom is -0.481 e. The molecule has 6 N–H and O–H groups in total. The van der Waals surface area contributed by atoms with E-state index in [1.54, 1.807) is 48.7 Å². The van der Waals surface area contributed by atoms with Crippen molar-refractivity contribution in [3.05, 3.63) is 24.8 Å². The van der Waals surface area contributed by atoms with Gasteiger partial charge in [-0.1, -0.05) is 410 Å². The third-order valence-corrected chi connectivity index (χ3v) is 16.8. The molecule has 0 radical (unpaired) electrons. The van der Waals surface area contributed by atoms with Gasteiger partial charge >= 0.3 is 11.9 Å². The molecule has 0 saturated heterocycles. The number of carboxylic acid groups (broad SMARTS) is 1. The molecule has 0 aliphatic heterocycles. The lowest BCUT2D eigenvalue weighted by atomic mass is 9.68. The number of esters is 1. The Balaban J connectivity index is -0.0000000554. The van der Waals surface area contributed by atoms with E-state index in [2.05, 4.69) is 356 Å². The molecule has 11 nitrogen and oxygen atoms in total. The highest BCUT2D eigenvalue weighted by Crippen LogP contribution is 2.40. The molecule has 0 saturated carbocycles. The normalized spacial score (nSPS) is 12.3. The van der Waals surface area contributed by atoms with Gasteiger partial charge < -0.3 is 40.6 Å². The van der Waals surface area contributed by atoms with E-state index in [9.17, 15) is 14.4 Å². The van der Waals surface area contributed by atoms with Crippen LogP contribution in [0.15, 0.2) is 24.8 Å². The summed E-state index contributed by atoms with van der Waals surface area (Å²) in [7, 11) is 1.71. The Morgan fingerprint density at radius 3 is 0.694 bits per heavy atom. The standard InChI is InChI=1S/C9H20.C8H16O2.2C8H18.2C7H16.2C7H14.2C6H14.C5H11NO.C5H10O2.2C5H12O.2C5H12.C4H11N.C4H10O.C2H4O/c1-7-9(5,6)8(2,3)4;1-5-6-10-7(9)8(2,3)4;1-7(2,3)8(4,5)6;1-6-7(2)8(3,4)5;1-6(2)7(3,4)5;3*1-5-6-7(2,3)4;2*1-5-6(2,3)4;1-5(2,3)6-4-7;1-5(2,3)4(6)7;1-5(2,3)6-4;1-5(2,3)4-6;2*1-5(2,3)4;2*1-4(2,3)5;1-2-3/h7H2,1-6H3;5-6H2,1-4H3;1-6H3;7H,6H2,1-5H3;6H,1-5H3;5-6H2,1-4H3;5-6H,1-4H3;5H,1,6H2,2-4H3;2*5H2,1-4H3;4H,1-3H3,(H,6,7);1-3H3,(H,6,7);1-4H3;6H,4H2,1-3H3;2*1-4H3;5H2,1-3H3;5H,1-3H3;2H,1H3/b;;;;;;6-5+;;;;;;;;;;;;. The zero-order chi connectivity index (χ0) is 107. The molecule has 0 aromatic rings. The molecule has 1 unspecified atom stereocenters. The van der Waals surface area contributed by atoms with Gasteiger partial charge in [0, 0.05) is 24.8 Å². The van der Waals surface area contributed by atoms with E-state index in [0.717, 1.165) is 31.0 Å². The third kappa shape index (κ3) is 287. The Hall–Kier alpha value is -2.60. The molecule has 0 aliphatic carbocycles. The molecule has 0 bridgehead atoms. The van der Waals surface area contributed by atoms with Gasteiger partial charge in [-0.15, -0.1) is 6.58 Å². The van der Waals surface area contributed by atoms with Crippen LogP contribution in [0.4, 0.5) is 0 Å². The van der Waals surface area contributed by atoms with E-state index >= 15 is 0 Å². The molecule has 0 aliphatic rings. The van der Waals surface area contributed by atoms with Crippen LogP contribution in [0, 0.1) is 98.5 Å². The average Bonchev–Trinajstić information content (AvgIpc) is 0.856. The summed E-state index contributed by atoms with van der Waals surface area (Å²) in [5, 5.41) is 27.8. The molecule has 1 atom stereocenters. The predicted molar refractivity (Wildman–Crippen MR) is 576 cm³/mol. The van der Waals surface area contributed by atoms with Crippen molar-refractivity contribution in [2.75, 3.05) is 20.3 Å². The van der Waals surface area contributed by atoms with Gasteiger partial charge in [-0.2, -0.15) is 0 Å². The number of aliphatic hydroxyl groups is 2. The predicted octanol–water partition coefficient (Wildman–Crippen LogP) is 37.2. The van der Waals surface area contributed by atoms with Crippen LogP contribution in [0.25, 0.3) is 0 Å². The van der Waals surface area contributed by atoms with Crippen LogP contribution in [0.3, 0.4) is 0 Å². The smallest absolute Gasteiger partial charge is 0.311 e. The number of nitrogens with two attached hydrogens (primary N) is 1. The maximum atomic E-state index is 11.0. The molecular weight excluding hydrogens is 1530 g/mol. The van der Waals surface area contributed by atoms with Gasteiger partial charge in [0.1, 0.15) is 6.29 Å². The SMILES string of the molecule is C/C=C/C(C)(C)C.C=CCC(C)(C)C.CC(C)(C)C.CC(C)(C)C.CC(C)(C)C(=O)O.CC(C)(C)C(C)(C)C.CC(C)(C)CO.CC(C)(C)N.CC(C)(C)NC=O.CC(C)(C)O.CC(C)C(C)(C)C.CC=O.CCC(C)(C)C.CCC(C)(C)C.CCC(C)(C)C(C)(C)C.CCC(C)C(C)(C)C.CCCC(C)(C)C.CCCOC(=O)C(C)(C)C.COC(C)(C)C. The summed E-state index contributed by atoms with van der Waals surface area (Å²) < 4.78 is 9.85. The van der Waals surface area contributed by atoms with Gasteiger partial charge in [0.05, 0.1) is 28.6 Å². The van der Waals surface area contributed by atoms with Crippen molar-refractivity contribution in [2.45, 2.75) is 572 Å². The van der Waals surface area contributed by atoms with Crippen LogP contribution in [0.5, 0.6) is 0 Å². The van der Waals surface area contributed by atoms with Gasteiger partial charge in [0.15, 0.2) is 0 Å². The lowest BCUT2D eigenvalue weighted by Gasteiger charge is -2.37. The minimum atomic E-state index is -0.757. The fraction of sp³-hybridized carbons (Fsp3) is 0.929. The number of hydrogen-bond acceptors (Lipinski definition) is 9. The first-order valence-corrected chi connectivity index (χ1v) is 47.8. The average molecular weight is 1790 g/mol. The maximum Gasteiger partial charge on any atom is 0.311 e. The number of methoxy groups -OCH3 is 1. The van der Waals surface area contributed by atoms with Crippen LogP contribution >= 0.6 is 0 Å². The number of ether oxygens (including phenoxy) is 2. The highest BCUT2D eigenvalue weighted by atomic mass is 16.5. The first kappa shape index (κ1) is 168. The lowest BCUT2D eigenvalue weighted by molar-refractivity contribution is -0.153. The van der Waals surface area contributed by atoms with Crippen molar-refractivity contribution in [2.24, 2.45) is 104 Å². The summed E-state index contributed by atoms with van der Waals surface area (Å²) in [6, 6.07) is 0. The highest BCUT2D eigenvalue weighted by molar-refractivity contribution is 5.75. The molecule has 0 spiro atoms. The summed E-state index contributed by atoms with van der Waals surface area (Å²) in [5.74, 6) is 0.775. The number of carboxylic acids is 1. The number of aliphatic hydroxyl groups excluding tert-OH is 1. The van der Waals surface area contributed by atoms with Crippen molar-refractivity contribution in [3.63, 3.8) is 0 Å². The van der Waals surface area contributed by atoms with Crippen LogP contribution < -0.4 is 11.1 Å². The zero-order valence-electron chi connectivity index (χ0n) is 101. The molecule has 11 heteroatoms. The third-order valence-electron chi connectivity index (χ3n) is 16.8. The van der Waals surface area contributed by atoms with E-state index < -0.39 is 17.0 Å². The Morgan fingerprint density at radius 1 is 0.435 bits per heavy atom. The molecule has 770 valence electrons. The Labute approximate surface area is 790 Å². The molecule has 0 fully saturated rings. The van der Waals surface area contributed by atoms with Crippen molar-refractivity contribution in [1.82, 2.24) is 5.32 Å². The van der Waals surface area contributed by atoms with E-state index in [1.165, 1.54) is 45.4 Å². The van der Waals surface area contributed by atoms with E-state index in [-0.39, 0.29) is 40.1 Å². The topological polar surface area (TPSA) is 185 Å². The number of rotatable bonds is 7. The summed E-state index contributed by atoms with van der Waals surface area (Å²) in [6.45, 7) is 157. The summed E-state index contributed by atoms with van der Waals surface area (Å²) in [4.78, 5) is 39.5. The van der Waals surface area contributed by atoms with Crippen molar-refractivity contribution in [3.8, 4) is 0 Å².